The van der Waals surface area contributed by atoms with E-state index in [1.807, 2.05) is 18.2 Å². The van der Waals surface area contributed by atoms with Gasteiger partial charge in [-0.15, -0.1) is 0 Å². The van der Waals surface area contributed by atoms with Crippen LogP contribution in [0.2, 0.25) is 0 Å². The van der Waals surface area contributed by atoms with Crippen LogP contribution in [0, 0.1) is 20.8 Å². The van der Waals surface area contributed by atoms with Gasteiger partial charge in [0, 0.05) is 31.1 Å². The number of para-hydroxylation sites is 1. The van der Waals surface area contributed by atoms with Crippen LogP contribution in [-0.4, -0.2) is 31.5 Å². The standard InChI is InChI=1S/C24H32N4O/c1-5-25-24(26-11-10-20-17(3)12-16(2)13-18(20)4)27-15-19-14-23(29)28-22-9-7-6-8-21(19)22/h6-9,12-13,19H,5,10-11,14-15H2,1-4H3,(H,28,29)(H2,25,26,27). The summed E-state index contributed by atoms with van der Waals surface area (Å²) in [7, 11) is 0. The molecule has 3 N–H and O–H groups in total. The Morgan fingerprint density at radius 3 is 2.59 bits per heavy atom. The second kappa shape index (κ2) is 9.59. The van der Waals surface area contributed by atoms with E-state index in [2.05, 4.69) is 61.8 Å². The molecular weight excluding hydrogens is 360 g/mol. The highest BCUT2D eigenvalue weighted by Crippen LogP contribution is 2.31. The van der Waals surface area contributed by atoms with Crippen LogP contribution in [0.25, 0.3) is 0 Å². The number of carbonyl (C=O) groups is 1. The molecule has 3 rings (SSSR count). The highest BCUT2D eigenvalue weighted by Gasteiger charge is 2.24. The molecule has 2 aromatic rings. The van der Waals surface area contributed by atoms with Gasteiger partial charge in [0.15, 0.2) is 5.96 Å². The number of nitrogens with zero attached hydrogens (tertiary/aromatic N) is 1. The minimum Gasteiger partial charge on any atom is -0.357 e. The summed E-state index contributed by atoms with van der Waals surface area (Å²) in [6, 6.07) is 12.5. The van der Waals surface area contributed by atoms with E-state index < -0.39 is 0 Å². The van der Waals surface area contributed by atoms with Gasteiger partial charge < -0.3 is 16.0 Å². The first-order chi connectivity index (χ1) is 14.0. The van der Waals surface area contributed by atoms with E-state index in [1.54, 1.807) is 0 Å². The maximum atomic E-state index is 12.0. The molecule has 0 spiro atoms. The van der Waals surface area contributed by atoms with Crippen molar-refractivity contribution in [1.82, 2.24) is 10.6 Å². The molecule has 0 saturated heterocycles. The number of rotatable bonds is 6. The highest BCUT2D eigenvalue weighted by atomic mass is 16.1. The molecule has 1 aliphatic rings. The summed E-state index contributed by atoms with van der Waals surface area (Å²) in [5.74, 6) is 0.975. The number of carbonyl (C=O) groups excluding carboxylic acids is 1. The number of benzene rings is 2. The van der Waals surface area contributed by atoms with Crippen LogP contribution in [0.4, 0.5) is 5.69 Å². The van der Waals surface area contributed by atoms with Crippen molar-refractivity contribution in [2.75, 3.05) is 25.0 Å². The Bertz CT molecular complexity index is 880. The maximum Gasteiger partial charge on any atom is 0.225 e. The first-order valence-corrected chi connectivity index (χ1v) is 10.5. The highest BCUT2D eigenvalue weighted by molar-refractivity contribution is 5.94. The molecule has 1 atom stereocenters. The quantitative estimate of drug-likeness (QED) is 0.517. The largest absolute Gasteiger partial charge is 0.357 e. The third-order valence-electron chi connectivity index (χ3n) is 5.43. The summed E-state index contributed by atoms with van der Waals surface area (Å²) in [5.41, 5.74) is 7.47. The Hall–Kier alpha value is -2.82. The molecule has 5 nitrogen and oxygen atoms in total. The summed E-state index contributed by atoms with van der Waals surface area (Å²) >= 11 is 0. The first kappa shape index (κ1) is 20.9. The van der Waals surface area contributed by atoms with Crippen molar-refractivity contribution in [1.29, 1.82) is 0 Å². The third-order valence-corrected chi connectivity index (χ3v) is 5.43. The maximum absolute atomic E-state index is 12.0. The predicted octanol–water partition coefficient (Wildman–Crippen LogP) is 3.84. The van der Waals surface area contributed by atoms with Gasteiger partial charge in [0.2, 0.25) is 5.91 Å². The molecule has 1 amide bonds. The van der Waals surface area contributed by atoms with Crippen molar-refractivity contribution in [2.45, 2.75) is 46.5 Å². The second-order valence-corrected chi connectivity index (χ2v) is 7.81. The van der Waals surface area contributed by atoms with Crippen molar-refractivity contribution >= 4 is 17.6 Å². The molecule has 29 heavy (non-hydrogen) atoms. The van der Waals surface area contributed by atoms with E-state index in [-0.39, 0.29) is 11.8 Å². The van der Waals surface area contributed by atoms with E-state index >= 15 is 0 Å². The van der Waals surface area contributed by atoms with Crippen molar-refractivity contribution in [3.05, 3.63) is 64.2 Å². The van der Waals surface area contributed by atoms with Crippen LogP contribution >= 0.6 is 0 Å². The van der Waals surface area contributed by atoms with Gasteiger partial charge in [0.05, 0.1) is 6.54 Å². The van der Waals surface area contributed by atoms with Gasteiger partial charge in [-0.25, -0.2) is 0 Å². The fourth-order valence-corrected chi connectivity index (χ4v) is 4.12. The van der Waals surface area contributed by atoms with Crippen LogP contribution in [0.1, 0.15) is 47.1 Å². The molecule has 0 saturated carbocycles. The van der Waals surface area contributed by atoms with E-state index in [9.17, 15) is 4.79 Å². The van der Waals surface area contributed by atoms with Gasteiger partial charge in [0.25, 0.3) is 0 Å². The van der Waals surface area contributed by atoms with Crippen molar-refractivity contribution < 1.29 is 4.79 Å². The second-order valence-electron chi connectivity index (χ2n) is 7.81. The summed E-state index contributed by atoms with van der Waals surface area (Å²) in [5, 5.41) is 9.72. The molecule has 1 unspecified atom stereocenters. The zero-order valence-corrected chi connectivity index (χ0v) is 17.9. The van der Waals surface area contributed by atoms with Crippen LogP contribution < -0.4 is 16.0 Å². The lowest BCUT2D eigenvalue weighted by molar-refractivity contribution is -0.116. The van der Waals surface area contributed by atoms with Crippen LogP contribution in [0.15, 0.2) is 41.4 Å². The fourth-order valence-electron chi connectivity index (χ4n) is 4.12. The number of nitrogens with one attached hydrogen (secondary N) is 3. The van der Waals surface area contributed by atoms with Crippen LogP contribution in [0.5, 0.6) is 0 Å². The zero-order valence-electron chi connectivity index (χ0n) is 17.9. The lowest BCUT2D eigenvalue weighted by atomic mass is 9.91. The predicted molar refractivity (Wildman–Crippen MR) is 121 cm³/mol. The molecule has 0 aromatic heterocycles. The van der Waals surface area contributed by atoms with E-state index in [0.29, 0.717) is 13.0 Å². The average Bonchev–Trinajstić information content (AvgIpc) is 2.67. The zero-order chi connectivity index (χ0) is 20.8. The van der Waals surface area contributed by atoms with Crippen LogP contribution in [-0.2, 0) is 11.2 Å². The van der Waals surface area contributed by atoms with E-state index in [1.165, 1.54) is 22.3 Å². The summed E-state index contributed by atoms with van der Waals surface area (Å²) in [4.78, 5) is 16.8. The van der Waals surface area contributed by atoms with Gasteiger partial charge in [-0.3, -0.25) is 9.79 Å². The van der Waals surface area contributed by atoms with Crippen molar-refractivity contribution in [3.8, 4) is 0 Å². The summed E-state index contributed by atoms with van der Waals surface area (Å²) in [6.07, 6.45) is 1.43. The molecule has 0 radical (unpaired) electrons. The lowest BCUT2D eigenvalue weighted by Crippen LogP contribution is -2.39. The van der Waals surface area contributed by atoms with Crippen molar-refractivity contribution in [3.63, 3.8) is 0 Å². The van der Waals surface area contributed by atoms with Crippen LogP contribution in [0.3, 0.4) is 0 Å². The number of hydrogen-bond donors (Lipinski definition) is 3. The number of aliphatic imine (C=N–C) groups is 1. The Morgan fingerprint density at radius 1 is 1.14 bits per heavy atom. The fraction of sp³-hybridized carbons (Fsp3) is 0.417. The molecule has 2 aromatic carbocycles. The summed E-state index contributed by atoms with van der Waals surface area (Å²) < 4.78 is 0. The number of anilines is 1. The van der Waals surface area contributed by atoms with Gasteiger partial charge in [-0.2, -0.15) is 0 Å². The number of aryl methyl sites for hydroxylation is 3. The first-order valence-electron chi connectivity index (χ1n) is 10.5. The van der Waals surface area contributed by atoms with Gasteiger partial charge in [-0.05, 0) is 62.4 Å². The molecule has 1 heterocycles. The monoisotopic (exact) mass is 392 g/mol. The Morgan fingerprint density at radius 2 is 1.86 bits per heavy atom. The molecule has 0 fully saturated rings. The Kier molecular flexibility index (Phi) is 6.91. The third kappa shape index (κ3) is 5.37. The van der Waals surface area contributed by atoms with E-state index in [0.717, 1.165) is 36.7 Å². The number of fused-ring (bicyclic) bond motifs is 1. The van der Waals surface area contributed by atoms with Crippen molar-refractivity contribution in [2.24, 2.45) is 4.99 Å². The topological polar surface area (TPSA) is 65.5 Å². The minimum atomic E-state index is 0.0622. The average molecular weight is 393 g/mol. The van der Waals surface area contributed by atoms with Gasteiger partial charge in [0.1, 0.15) is 0 Å². The molecule has 154 valence electrons. The normalized spacial score (nSPS) is 16.2. The van der Waals surface area contributed by atoms with Gasteiger partial charge in [-0.1, -0.05) is 35.9 Å². The minimum absolute atomic E-state index is 0.0622. The molecule has 5 heteroatoms. The smallest absolute Gasteiger partial charge is 0.225 e. The van der Waals surface area contributed by atoms with Gasteiger partial charge >= 0.3 is 0 Å². The Balaban J connectivity index is 1.64. The number of hydrogen-bond acceptors (Lipinski definition) is 2. The molecule has 1 aliphatic heterocycles. The Labute approximate surface area is 174 Å². The summed E-state index contributed by atoms with van der Waals surface area (Å²) in [6.45, 7) is 10.8. The molecule has 0 bridgehead atoms. The SMILES string of the molecule is CCNC(=NCC1CC(=O)Nc2ccccc21)NCCc1c(C)cc(C)cc1C. The number of amides is 1. The lowest BCUT2D eigenvalue weighted by Gasteiger charge is -2.24. The van der Waals surface area contributed by atoms with E-state index in [4.69, 9.17) is 4.99 Å². The number of guanidine groups is 1. The molecular formula is C24H32N4O. The molecule has 0 aliphatic carbocycles.